The number of rotatable bonds is 8. The van der Waals surface area contributed by atoms with E-state index in [4.69, 9.17) is 9.47 Å². The number of unbranched alkanes of at least 4 members (excludes halogenated alkanes) is 1. The molecule has 2 aromatic carbocycles. The molecule has 3 rings (SSSR count). The normalized spacial score (nSPS) is 10.6. The van der Waals surface area contributed by atoms with E-state index in [0.717, 1.165) is 39.5 Å². The molecule has 0 aliphatic heterocycles. The van der Waals surface area contributed by atoms with Crippen molar-refractivity contribution in [2.75, 3.05) is 13.2 Å². The van der Waals surface area contributed by atoms with Gasteiger partial charge >= 0.3 is 6.09 Å². The van der Waals surface area contributed by atoms with Crippen molar-refractivity contribution in [1.29, 1.82) is 0 Å². The number of nitrogens with one attached hydrogen (secondary N) is 1. The van der Waals surface area contributed by atoms with E-state index in [2.05, 4.69) is 26.2 Å². The van der Waals surface area contributed by atoms with Crippen LogP contribution in [-0.4, -0.2) is 24.2 Å². The molecule has 0 spiro atoms. The number of carbonyl (C=O) groups excluding carboxylic acids is 1. The second-order valence-electron chi connectivity index (χ2n) is 6.05. The minimum atomic E-state index is -0.399. The molecule has 0 unspecified atom stereocenters. The van der Waals surface area contributed by atoms with E-state index >= 15 is 0 Å². The molecule has 27 heavy (non-hydrogen) atoms. The summed E-state index contributed by atoms with van der Waals surface area (Å²) in [7, 11) is 0. The molecule has 1 amide bonds. The molecule has 0 aliphatic carbocycles. The van der Waals surface area contributed by atoms with Crippen molar-refractivity contribution >= 4 is 32.9 Å². The first-order valence-electron chi connectivity index (χ1n) is 8.83. The molecule has 1 N–H and O–H groups in total. The maximum Gasteiger partial charge on any atom is 0.407 e. The van der Waals surface area contributed by atoms with Gasteiger partial charge in [0.2, 0.25) is 0 Å². The summed E-state index contributed by atoms with van der Waals surface area (Å²) in [5, 5.41) is 3.78. The van der Waals surface area contributed by atoms with Gasteiger partial charge in [-0.05, 0) is 42.7 Å². The lowest BCUT2D eigenvalue weighted by Gasteiger charge is -2.08. The summed E-state index contributed by atoms with van der Waals surface area (Å²) in [6.45, 7) is 1.41. The summed E-state index contributed by atoms with van der Waals surface area (Å²) in [5.41, 5.74) is 1.90. The molecule has 1 aromatic heterocycles. The molecule has 0 atom stereocenters. The van der Waals surface area contributed by atoms with Crippen LogP contribution in [0.2, 0.25) is 0 Å². The maximum absolute atomic E-state index is 11.6. The van der Waals surface area contributed by atoms with Crippen LogP contribution in [0.1, 0.15) is 18.4 Å². The van der Waals surface area contributed by atoms with E-state index in [9.17, 15) is 4.79 Å². The fourth-order valence-electron chi connectivity index (χ4n) is 2.54. The minimum absolute atomic E-state index is 0.279. The molecule has 0 saturated heterocycles. The number of pyridine rings is 1. The first-order chi connectivity index (χ1) is 13.2. The predicted octanol–water partition coefficient (Wildman–Crippen LogP) is 5.08. The van der Waals surface area contributed by atoms with Crippen LogP contribution in [0.3, 0.4) is 0 Å². The highest BCUT2D eigenvalue weighted by atomic mass is 79.9. The molecule has 5 nitrogen and oxygen atoms in total. The summed E-state index contributed by atoms with van der Waals surface area (Å²) in [5.74, 6) is 0.746. The molecule has 0 aliphatic rings. The SMILES string of the molecule is O=C(NCCCCOc1cnc2ccc(Br)cc2c1)OCc1ccccc1. The molecule has 0 radical (unpaired) electrons. The lowest BCUT2D eigenvalue weighted by molar-refractivity contribution is 0.139. The lowest BCUT2D eigenvalue weighted by Crippen LogP contribution is -2.25. The molecule has 0 saturated carbocycles. The van der Waals surface area contributed by atoms with E-state index < -0.39 is 6.09 Å². The third-order valence-electron chi connectivity index (χ3n) is 3.94. The average Bonchev–Trinajstić information content (AvgIpc) is 2.69. The van der Waals surface area contributed by atoms with Crippen LogP contribution in [0.25, 0.3) is 10.9 Å². The van der Waals surface area contributed by atoms with Gasteiger partial charge in [0.1, 0.15) is 12.4 Å². The zero-order valence-electron chi connectivity index (χ0n) is 14.9. The Balaban J connectivity index is 1.31. The van der Waals surface area contributed by atoms with Gasteiger partial charge < -0.3 is 14.8 Å². The van der Waals surface area contributed by atoms with E-state index in [0.29, 0.717) is 13.2 Å². The predicted molar refractivity (Wildman–Crippen MR) is 109 cm³/mol. The fourth-order valence-corrected chi connectivity index (χ4v) is 2.92. The Labute approximate surface area is 166 Å². The summed E-state index contributed by atoms with van der Waals surface area (Å²) in [6.07, 6.45) is 2.97. The van der Waals surface area contributed by atoms with Crippen molar-refractivity contribution in [3.63, 3.8) is 0 Å². The topological polar surface area (TPSA) is 60.5 Å². The van der Waals surface area contributed by atoms with Gasteiger partial charge in [0.05, 0.1) is 18.3 Å². The summed E-state index contributed by atoms with van der Waals surface area (Å²) < 4.78 is 11.9. The van der Waals surface area contributed by atoms with Gasteiger partial charge in [-0.2, -0.15) is 0 Å². The molecular weight excluding hydrogens is 408 g/mol. The van der Waals surface area contributed by atoms with Gasteiger partial charge in [-0.3, -0.25) is 4.98 Å². The standard InChI is InChI=1S/C21H21BrN2O3/c22-18-8-9-20-17(12-18)13-19(14-24-20)26-11-5-4-10-23-21(25)27-15-16-6-2-1-3-7-16/h1-3,6-9,12-14H,4-5,10-11,15H2,(H,23,25). The average molecular weight is 429 g/mol. The number of alkyl carbamates (subject to hydrolysis) is 1. The minimum Gasteiger partial charge on any atom is -0.492 e. The van der Waals surface area contributed by atoms with Crippen LogP contribution in [-0.2, 0) is 11.3 Å². The first-order valence-corrected chi connectivity index (χ1v) is 9.63. The lowest BCUT2D eigenvalue weighted by atomic mass is 10.2. The highest BCUT2D eigenvalue weighted by Crippen LogP contribution is 2.22. The number of carbonyl (C=O) groups is 1. The van der Waals surface area contributed by atoms with Gasteiger partial charge in [-0.1, -0.05) is 46.3 Å². The van der Waals surface area contributed by atoms with Crippen molar-refractivity contribution in [3.05, 3.63) is 70.8 Å². The van der Waals surface area contributed by atoms with Crippen LogP contribution >= 0.6 is 15.9 Å². The second-order valence-corrected chi connectivity index (χ2v) is 6.97. The Morgan fingerprint density at radius 2 is 1.93 bits per heavy atom. The Kier molecular flexibility index (Phi) is 7.04. The van der Waals surface area contributed by atoms with Gasteiger partial charge in [0, 0.05) is 16.4 Å². The summed E-state index contributed by atoms with van der Waals surface area (Å²) in [6, 6.07) is 17.5. The van der Waals surface area contributed by atoms with Crippen molar-refractivity contribution in [3.8, 4) is 5.75 Å². The number of benzene rings is 2. The second kappa shape index (κ2) is 9.92. The molecule has 1 heterocycles. The number of nitrogens with zero attached hydrogens (tertiary/aromatic N) is 1. The third-order valence-corrected chi connectivity index (χ3v) is 4.43. The fraction of sp³-hybridized carbons (Fsp3) is 0.238. The number of fused-ring (bicyclic) bond motifs is 1. The molecule has 6 heteroatoms. The van der Waals surface area contributed by atoms with Crippen molar-refractivity contribution in [2.45, 2.75) is 19.4 Å². The number of hydrogen-bond donors (Lipinski definition) is 1. The molecule has 0 bridgehead atoms. The van der Waals surface area contributed by atoms with Gasteiger partial charge in [-0.25, -0.2) is 4.79 Å². The number of halogens is 1. The van der Waals surface area contributed by atoms with Crippen molar-refractivity contribution in [2.24, 2.45) is 0 Å². The summed E-state index contributed by atoms with van der Waals surface area (Å²) >= 11 is 3.46. The molecule has 0 fully saturated rings. The molecule has 3 aromatic rings. The number of ether oxygens (including phenoxy) is 2. The smallest absolute Gasteiger partial charge is 0.407 e. The largest absolute Gasteiger partial charge is 0.492 e. The van der Waals surface area contributed by atoms with Crippen LogP contribution in [0, 0.1) is 0 Å². The summed E-state index contributed by atoms with van der Waals surface area (Å²) in [4.78, 5) is 16.0. The maximum atomic E-state index is 11.6. The van der Waals surface area contributed by atoms with Gasteiger partial charge in [0.25, 0.3) is 0 Å². The first kappa shape index (κ1) is 19.2. The van der Waals surface area contributed by atoms with E-state index in [-0.39, 0.29) is 6.61 Å². The van der Waals surface area contributed by atoms with Gasteiger partial charge in [0.15, 0.2) is 0 Å². The number of hydrogen-bond acceptors (Lipinski definition) is 4. The Morgan fingerprint density at radius 3 is 2.78 bits per heavy atom. The Hall–Kier alpha value is -2.60. The Morgan fingerprint density at radius 1 is 1.07 bits per heavy atom. The highest BCUT2D eigenvalue weighted by Gasteiger charge is 2.03. The van der Waals surface area contributed by atoms with Crippen LogP contribution in [0.15, 0.2) is 65.3 Å². The quantitative estimate of drug-likeness (QED) is 0.508. The van der Waals surface area contributed by atoms with E-state index in [1.807, 2.05) is 54.6 Å². The number of amides is 1. The molecular formula is C21H21BrN2O3. The van der Waals surface area contributed by atoms with Crippen LogP contribution in [0.4, 0.5) is 4.79 Å². The molecule has 140 valence electrons. The Bertz CT molecular complexity index is 887. The van der Waals surface area contributed by atoms with Crippen LogP contribution in [0.5, 0.6) is 5.75 Å². The van der Waals surface area contributed by atoms with Crippen LogP contribution < -0.4 is 10.1 Å². The number of aromatic nitrogens is 1. The zero-order chi connectivity index (χ0) is 18.9. The third kappa shape index (κ3) is 6.25. The monoisotopic (exact) mass is 428 g/mol. The highest BCUT2D eigenvalue weighted by molar-refractivity contribution is 9.10. The van der Waals surface area contributed by atoms with E-state index in [1.54, 1.807) is 6.20 Å². The zero-order valence-corrected chi connectivity index (χ0v) is 16.4. The van der Waals surface area contributed by atoms with Gasteiger partial charge in [-0.15, -0.1) is 0 Å². The van der Waals surface area contributed by atoms with E-state index in [1.165, 1.54) is 0 Å². The van der Waals surface area contributed by atoms with Crippen molar-refractivity contribution in [1.82, 2.24) is 10.3 Å². The van der Waals surface area contributed by atoms with Crippen molar-refractivity contribution < 1.29 is 14.3 Å².